The second kappa shape index (κ2) is 26.0. The van der Waals surface area contributed by atoms with Gasteiger partial charge >= 0.3 is 5.97 Å². The fraction of sp³-hybridized carbons (Fsp3) is 0.571. The van der Waals surface area contributed by atoms with Crippen molar-refractivity contribution >= 4 is 93.4 Å². The number of aromatic amines is 1. The quantitative estimate of drug-likeness (QED) is 0.0839. The minimum Gasteiger partial charge on any atom is -0.469 e. The number of nitrogens with one attached hydrogen (secondary N) is 9. The van der Waals surface area contributed by atoms with Gasteiger partial charge in [0.25, 0.3) is 11.8 Å². The van der Waals surface area contributed by atoms with E-state index < -0.39 is 139 Å². The van der Waals surface area contributed by atoms with Crippen molar-refractivity contribution < 1.29 is 67.7 Å². The van der Waals surface area contributed by atoms with Crippen molar-refractivity contribution in [2.24, 2.45) is 17.8 Å². The largest absolute Gasteiger partial charge is 0.469 e. The van der Waals surface area contributed by atoms with E-state index in [0.29, 0.717) is 40.0 Å². The first-order valence-electron chi connectivity index (χ1n) is 25.0. The number of aliphatic hydroxyl groups excluding tert-OH is 2. The smallest absolute Gasteiger partial charge is 0.307 e. The first-order valence-corrected chi connectivity index (χ1v) is 26.0. The van der Waals surface area contributed by atoms with Gasteiger partial charge in [-0.05, 0) is 48.4 Å². The number of aliphatic hydroxyl groups is 2. The van der Waals surface area contributed by atoms with E-state index in [4.69, 9.17) is 4.74 Å². The molecule has 4 aliphatic heterocycles. The van der Waals surface area contributed by atoms with Gasteiger partial charge in [-0.1, -0.05) is 40.5 Å². The Labute approximate surface area is 436 Å². The third-order valence-corrected chi connectivity index (χ3v) is 15.1. The van der Waals surface area contributed by atoms with Gasteiger partial charge in [0.15, 0.2) is 0 Å². The van der Waals surface area contributed by atoms with Crippen LogP contribution < -0.4 is 42.5 Å². The molecule has 25 nitrogen and oxygen atoms in total. The molecule has 10 atom stereocenters. The predicted octanol–water partition coefficient (Wildman–Crippen LogP) is -2.21. The van der Waals surface area contributed by atoms with E-state index >= 15 is 0 Å². The molecule has 26 heteroatoms. The van der Waals surface area contributed by atoms with Crippen LogP contribution >= 0.6 is 11.8 Å². The van der Waals surface area contributed by atoms with E-state index in [9.17, 15) is 63.0 Å². The van der Waals surface area contributed by atoms with Gasteiger partial charge in [-0.25, -0.2) is 0 Å². The van der Waals surface area contributed by atoms with Crippen molar-refractivity contribution in [3.05, 3.63) is 35.9 Å². The molecule has 4 aliphatic rings. The highest BCUT2D eigenvalue weighted by molar-refractivity contribution is 7.99. The third kappa shape index (κ3) is 14.7. The molecule has 75 heavy (non-hydrogen) atoms. The number of esters is 1. The minimum atomic E-state index is -1.83. The van der Waals surface area contributed by atoms with Crippen LogP contribution in [0.3, 0.4) is 0 Å². The maximum absolute atomic E-state index is 14.7. The van der Waals surface area contributed by atoms with Crippen LogP contribution in [-0.4, -0.2) is 178 Å². The van der Waals surface area contributed by atoms with Gasteiger partial charge in [0.1, 0.15) is 24.4 Å². The number of hydrogen-bond acceptors (Lipinski definition) is 16. The number of H-pyrrole nitrogens is 1. The van der Waals surface area contributed by atoms with Crippen LogP contribution in [0.5, 0.6) is 0 Å². The number of amides is 10. The summed E-state index contributed by atoms with van der Waals surface area (Å²) in [5.74, 6) is -9.70. The van der Waals surface area contributed by atoms with Gasteiger partial charge in [0, 0.05) is 67.0 Å². The van der Waals surface area contributed by atoms with E-state index in [1.165, 1.54) is 4.90 Å². The number of thioether (sulfide) groups is 1. The number of anilines is 1. The minimum absolute atomic E-state index is 0.0133. The maximum Gasteiger partial charge on any atom is 0.307 e. The second-order valence-corrected chi connectivity index (χ2v) is 20.2. The molecular weight excluding hydrogens is 999 g/mol. The molecule has 10 amide bonds. The fourth-order valence-electron chi connectivity index (χ4n) is 9.23. The summed E-state index contributed by atoms with van der Waals surface area (Å²) in [5.41, 5.74) is 1.12. The molecule has 2 aromatic rings. The Morgan fingerprint density at radius 2 is 1.51 bits per heavy atom. The lowest BCUT2D eigenvalue weighted by Gasteiger charge is -2.35. The molecule has 0 aliphatic carbocycles. The fourth-order valence-corrected chi connectivity index (χ4v) is 10.3. The predicted molar refractivity (Wildman–Crippen MR) is 269 cm³/mol. The SMILES string of the molecule is CC[C@H](C)[C@@H]1CNC(=O)CNC(=O)[C@@H]2Cc3c([nH]c4ccc(NC(=O)CCCN5C(=O)C=CC5=O)cc34)SC[C@H](NC(=O)CNC1=O)C(=O)N[C@@H](CC(=O)OC)C(O)N1C[C@@H](O)C[C@H]1C(=O)N[C@@H]([C@@H](C)CC)C(=O)N2. The first-order chi connectivity index (χ1) is 35.7. The van der Waals surface area contributed by atoms with Crippen molar-refractivity contribution in [2.45, 2.75) is 120 Å². The van der Waals surface area contributed by atoms with Crippen molar-refractivity contribution in [3.8, 4) is 0 Å². The van der Waals surface area contributed by atoms with Crippen LogP contribution in [0.4, 0.5) is 5.69 Å². The summed E-state index contributed by atoms with van der Waals surface area (Å²) in [6, 6.07) is -2.29. The molecule has 1 aromatic carbocycles. The van der Waals surface area contributed by atoms with Crippen molar-refractivity contribution in [1.82, 2.24) is 52.0 Å². The number of carbonyl (C=O) groups is 11. The van der Waals surface area contributed by atoms with E-state index in [-0.39, 0.29) is 57.0 Å². The topological polar surface area (TPSA) is 356 Å². The summed E-state index contributed by atoms with van der Waals surface area (Å²) in [6.07, 6.45) is -0.936. The molecule has 1 unspecified atom stereocenters. The molecule has 2 bridgehead atoms. The van der Waals surface area contributed by atoms with Gasteiger partial charge in [-0.15, -0.1) is 11.8 Å². The number of aromatic nitrogens is 1. The summed E-state index contributed by atoms with van der Waals surface area (Å²) in [6.45, 7) is 5.42. The molecule has 0 saturated carbocycles. The van der Waals surface area contributed by atoms with E-state index in [1.54, 1.807) is 39.0 Å². The number of ether oxygens (including phenoxy) is 1. The van der Waals surface area contributed by atoms with Crippen LogP contribution in [0.15, 0.2) is 35.4 Å². The first kappa shape index (κ1) is 57.4. The van der Waals surface area contributed by atoms with Crippen LogP contribution in [0.25, 0.3) is 10.9 Å². The van der Waals surface area contributed by atoms with Gasteiger partial charge in [-0.3, -0.25) is 62.5 Å². The normalized spacial score (nSPS) is 26.8. The molecule has 408 valence electrons. The molecule has 11 N–H and O–H groups in total. The van der Waals surface area contributed by atoms with Gasteiger partial charge in [-0.2, -0.15) is 0 Å². The molecule has 1 fully saturated rings. The zero-order chi connectivity index (χ0) is 54.7. The van der Waals surface area contributed by atoms with Crippen molar-refractivity contribution in [1.29, 1.82) is 0 Å². The summed E-state index contributed by atoms with van der Waals surface area (Å²) in [4.78, 5) is 155. The lowest BCUT2D eigenvalue weighted by atomic mass is 9.90. The average Bonchev–Trinajstić information content (AvgIpc) is 4.05. The number of hydrogen-bond donors (Lipinski definition) is 11. The Bertz CT molecular complexity index is 2560. The third-order valence-electron chi connectivity index (χ3n) is 14.0. The zero-order valence-corrected chi connectivity index (χ0v) is 43.3. The second-order valence-electron chi connectivity index (χ2n) is 19.2. The number of imide groups is 1. The van der Waals surface area contributed by atoms with Crippen molar-refractivity contribution in [3.63, 3.8) is 0 Å². The lowest BCUT2D eigenvalue weighted by molar-refractivity contribution is -0.145. The molecular formula is C49H67N11O14S. The van der Waals surface area contributed by atoms with Crippen molar-refractivity contribution in [2.75, 3.05) is 50.9 Å². The molecule has 0 spiro atoms. The Balaban J connectivity index is 1.46. The Kier molecular flexibility index (Phi) is 19.9. The average molecular weight is 1070 g/mol. The van der Waals surface area contributed by atoms with E-state index in [0.717, 1.165) is 35.9 Å². The molecule has 0 radical (unpaired) electrons. The number of nitrogens with zero attached hydrogens (tertiary/aromatic N) is 2. The number of methoxy groups -OCH3 is 1. The summed E-state index contributed by atoms with van der Waals surface area (Å²) in [7, 11) is 1.09. The highest BCUT2D eigenvalue weighted by atomic mass is 32.2. The number of benzene rings is 1. The Hall–Kier alpha value is -6.90. The Morgan fingerprint density at radius 3 is 2.20 bits per heavy atom. The molecule has 6 rings (SSSR count). The number of fused-ring (bicyclic) bond motifs is 5. The van der Waals surface area contributed by atoms with Gasteiger partial charge in [0.2, 0.25) is 47.3 Å². The van der Waals surface area contributed by atoms with Crippen LogP contribution in [0.1, 0.15) is 71.8 Å². The summed E-state index contributed by atoms with van der Waals surface area (Å²) < 4.78 is 4.90. The number of rotatable bonds is 11. The highest BCUT2D eigenvalue weighted by Gasteiger charge is 2.45. The summed E-state index contributed by atoms with van der Waals surface area (Å²) >= 11 is 1.00. The Morgan fingerprint density at radius 1 is 0.813 bits per heavy atom. The van der Waals surface area contributed by atoms with Gasteiger partial charge < -0.3 is 62.5 Å². The maximum atomic E-state index is 14.7. The highest BCUT2D eigenvalue weighted by Crippen LogP contribution is 2.34. The summed E-state index contributed by atoms with van der Waals surface area (Å²) in [5, 5.41) is 45.1. The van der Waals surface area contributed by atoms with E-state index in [2.05, 4.69) is 47.5 Å². The van der Waals surface area contributed by atoms with E-state index in [1.807, 2.05) is 6.92 Å². The van der Waals surface area contributed by atoms with Crippen LogP contribution in [0.2, 0.25) is 0 Å². The lowest BCUT2D eigenvalue weighted by Crippen LogP contribution is -2.61. The molecule has 5 heterocycles. The van der Waals surface area contributed by atoms with Gasteiger partial charge in [0.05, 0.1) is 55.8 Å². The monoisotopic (exact) mass is 1070 g/mol. The zero-order valence-electron chi connectivity index (χ0n) is 42.4. The molecule has 1 aromatic heterocycles. The van der Waals surface area contributed by atoms with Crippen LogP contribution in [0, 0.1) is 17.8 Å². The van der Waals surface area contributed by atoms with Crippen LogP contribution in [-0.2, 0) is 63.9 Å². The number of carbonyl (C=O) groups excluding carboxylic acids is 11. The molecule has 1 saturated heterocycles. The standard InChI is InChI=1S/C49H67N11O14S/c1-6-24(3)30-19-50-37(63)20-52-44(69)32-17-29-28-15-26(53-36(62)9-8-14-59-39(65)12-13-40(59)66)10-11-31(28)57-48(29)75-23-34(54-38(64)21-51-43(30)68)45(70)56-33(18-41(67)74-5)49(73)60-22-27(61)16-35(60)46(71)58-42(25(4)7-2)47(72)55-32/h10-13,15,24-25,27,30,32-35,42,49,57,61,73H,6-9,14,16-23H2,1-5H3,(H,50,63)(H,51,68)(H,52,69)(H,53,62)(H,54,64)(H,55,72)(H,56,70)(H,58,71)/t24-,25-,27-,30-,32-,33-,34-,35-,42-,49?/m0/s1.